The topological polar surface area (TPSA) is 78.9 Å². The normalized spacial score (nSPS) is 16.7. The molecule has 1 aliphatic heterocycles. The van der Waals surface area contributed by atoms with E-state index >= 15 is 0 Å². The molecule has 1 amide bonds. The van der Waals surface area contributed by atoms with Gasteiger partial charge < -0.3 is 20.1 Å². The number of ether oxygens (including phenoxy) is 1. The maximum Gasteiger partial charge on any atom is 0.226 e. The molecule has 3 rings (SSSR count). The molecule has 0 saturated carbocycles. The SMILES string of the molecule is CCC(C(=O)NCc1ccccc1)C1(O)CCN(CCCC(=O)c2ccc(OC)cc2)CC1. The molecule has 0 aromatic heterocycles. The van der Waals surface area contributed by atoms with Crippen molar-refractivity contribution in [2.75, 3.05) is 26.7 Å². The third kappa shape index (κ3) is 6.89. The lowest BCUT2D eigenvalue weighted by Gasteiger charge is -2.42. The summed E-state index contributed by atoms with van der Waals surface area (Å²) in [4.78, 5) is 27.5. The van der Waals surface area contributed by atoms with Gasteiger partial charge in [0, 0.05) is 31.6 Å². The molecule has 1 fully saturated rings. The average molecular weight is 453 g/mol. The number of aliphatic hydroxyl groups is 1. The molecule has 1 unspecified atom stereocenters. The molecule has 6 heteroatoms. The van der Waals surface area contributed by atoms with Crippen LogP contribution in [-0.4, -0.2) is 54.0 Å². The van der Waals surface area contributed by atoms with Crippen molar-refractivity contribution in [3.8, 4) is 5.75 Å². The standard InChI is InChI=1S/C27H36N2O4/c1-3-24(26(31)28-20-21-8-5-4-6-9-21)27(32)15-18-29(19-16-27)17-7-10-25(30)22-11-13-23(33-2)14-12-22/h4-6,8-9,11-14,24,32H,3,7,10,15-20H2,1-2H3,(H,28,31). The van der Waals surface area contributed by atoms with Crippen LogP contribution in [0, 0.1) is 5.92 Å². The molecule has 178 valence electrons. The number of hydrogen-bond acceptors (Lipinski definition) is 5. The lowest BCUT2D eigenvalue weighted by atomic mass is 9.77. The number of amides is 1. The van der Waals surface area contributed by atoms with Crippen molar-refractivity contribution in [3.05, 3.63) is 65.7 Å². The third-order valence-corrected chi connectivity index (χ3v) is 6.70. The summed E-state index contributed by atoms with van der Waals surface area (Å²) in [6.07, 6.45) is 3.01. The molecule has 1 atom stereocenters. The van der Waals surface area contributed by atoms with Gasteiger partial charge in [0.25, 0.3) is 0 Å². The zero-order valence-corrected chi connectivity index (χ0v) is 19.8. The summed E-state index contributed by atoms with van der Waals surface area (Å²) in [6, 6.07) is 17.0. The Morgan fingerprint density at radius 3 is 2.36 bits per heavy atom. The minimum atomic E-state index is -0.981. The Morgan fingerprint density at radius 2 is 1.76 bits per heavy atom. The van der Waals surface area contributed by atoms with E-state index in [4.69, 9.17) is 4.74 Å². The molecule has 0 spiro atoms. The van der Waals surface area contributed by atoms with Crippen molar-refractivity contribution in [1.82, 2.24) is 10.2 Å². The quantitative estimate of drug-likeness (QED) is 0.507. The van der Waals surface area contributed by atoms with Gasteiger partial charge in [-0.3, -0.25) is 9.59 Å². The van der Waals surface area contributed by atoms with Gasteiger partial charge >= 0.3 is 0 Å². The van der Waals surface area contributed by atoms with Gasteiger partial charge in [0.1, 0.15) is 5.75 Å². The second kappa shape index (κ2) is 12.0. The minimum Gasteiger partial charge on any atom is -0.497 e. The van der Waals surface area contributed by atoms with E-state index in [0.29, 0.717) is 37.8 Å². The van der Waals surface area contributed by atoms with Crippen LogP contribution in [0.1, 0.15) is 54.9 Å². The highest BCUT2D eigenvalue weighted by Gasteiger charge is 2.42. The maximum atomic E-state index is 12.8. The molecule has 0 aliphatic carbocycles. The van der Waals surface area contributed by atoms with Gasteiger partial charge in [0.2, 0.25) is 5.91 Å². The van der Waals surface area contributed by atoms with E-state index in [9.17, 15) is 14.7 Å². The number of rotatable bonds is 11. The smallest absolute Gasteiger partial charge is 0.226 e. The van der Waals surface area contributed by atoms with Gasteiger partial charge in [0.15, 0.2) is 5.78 Å². The molecule has 1 aliphatic rings. The zero-order chi connectivity index (χ0) is 23.7. The Bertz CT molecular complexity index is 890. The first kappa shape index (κ1) is 24.9. The van der Waals surface area contributed by atoms with Crippen LogP contribution in [0.25, 0.3) is 0 Å². The molecule has 2 aromatic carbocycles. The van der Waals surface area contributed by atoms with Crippen LogP contribution >= 0.6 is 0 Å². The zero-order valence-electron chi connectivity index (χ0n) is 19.8. The Labute approximate surface area is 196 Å². The molecule has 1 saturated heterocycles. The van der Waals surface area contributed by atoms with Crippen molar-refractivity contribution in [3.63, 3.8) is 0 Å². The first-order valence-electron chi connectivity index (χ1n) is 11.9. The van der Waals surface area contributed by atoms with E-state index in [1.165, 1.54) is 0 Å². The number of ketones is 1. The highest BCUT2D eigenvalue weighted by atomic mass is 16.5. The Kier molecular flexibility index (Phi) is 9.03. The molecule has 1 heterocycles. The average Bonchev–Trinajstić information content (AvgIpc) is 2.85. The number of hydrogen-bond donors (Lipinski definition) is 2. The van der Waals surface area contributed by atoms with Gasteiger partial charge in [0.05, 0.1) is 18.6 Å². The minimum absolute atomic E-state index is 0.0811. The second-order valence-corrected chi connectivity index (χ2v) is 8.86. The molecule has 0 bridgehead atoms. The predicted octanol–water partition coefficient (Wildman–Crippen LogP) is 3.83. The fraction of sp³-hybridized carbons (Fsp3) is 0.481. The fourth-order valence-corrected chi connectivity index (χ4v) is 4.61. The Balaban J connectivity index is 1.42. The lowest BCUT2D eigenvalue weighted by molar-refractivity contribution is -0.139. The number of Topliss-reactive ketones (excluding diaryl/α,β-unsaturated/α-hetero) is 1. The summed E-state index contributed by atoms with van der Waals surface area (Å²) in [6.45, 7) is 4.71. The maximum absolute atomic E-state index is 12.8. The Hall–Kier alpha value is -2.70. The van der Waals surface area contributed by atoms with Crippen molar-refractivity contribution in [1.29, 1.82) is 0 Å². The highest BCUT2D eigenvalue weighted by Crippen LogP contribution is 2.32. The first-order valence-corrected chi connectivity index (χ1v) is 11.9. The van der Waals surface area contributed by atoms with Crippen molar-refractivity contribution in [2.45, 2.75) is 51.2 Å². The predicted molar refractivity (Wildman–Crippen MR) is 129 cm³/mol. The monoisotopic (exact) mass is 452 g/mol. The summed E-state index contributed by atoms with van der Waals surface area (Å²) >= 11 is 0. The lowest BCUT2D eigenvalue weighted by Crippen LogP contribution is -2.53. The molecule has 2 aromatic rings. The van der Waals surface area contributed by atoms with Crippen LogP contribution in [0.5, 0.6) is 5.75 Å². The van der Waals surface area contributed by atoms with Gasteiger partial charge in [-0.2, -0.15) is 0 Å². The van der Waals surface area contributed by atoms with Crippen LogP contribution in [0.4, 0.5) is 0 Å². The summed E-state index contributed by atoms with van der Waals surface area (Å²) < 4.78 is 5.14. The van der Waals surface area contributed by atoms with E-state index in [0.717, 1.165) is 37.4 Å². The van der Waals surface area contributed by atoms with Gasteiger partial charge in [-0.25, -0.2) is 0 Å². The Morgan fingerprint density at radius 1 is 1.09 bits per heavy atom. The van der Waals surface area contributed by atoms with E-state index < -0.39 is 11.5 Å². The second-order valence-electron chi connectivity index (χ2n) is 8.86. The van der Waals surface area contributed by atoms with Crippen molar-refractivity contribution in [2.24, 2.45) is 5.92 Å². The third-order valence-electron chi connectivity index (χ3n) is 6.70. The van der Waals surface area contributed by atoms with Crippen LogP contribution in [0.3, 0.4) is 0 Å². The number of piperidine rings is 1. The number of benzene rings is 2. The van der Waals surface area contributed by atoms with Crippen LogP contribution < -0.4 is 10.1 Å². The van der Waals surface area contributed by atoms with E-state index in [1.54, 1.807) is 31.4 Å². The molecule has 33 heavy (non-hydrogen) atoms. The summed E-state index contributed by atoms with van der Waals surface area (Å²) in [7, 11) is 1.61. The van der Waals surface area contributed by atoms with Crippen LogP contribution in [-0.2, 0) is 11.3 Å². The number of nitrogens with zero attached hydrogens (tertiary/aromatic N) is 1. The van der Waals surface area contributed by atoms with E-state index in [-0.39, 0.29) is 11.7 Å². The summed E-state index contributed by atoms with van der Waals surface area (Å²) in [5, 5.41) is 14.3. The number of methoxy groups -OCH3 is 1. The fourth-order valence-electron chi connectivity index (χ4n) is 4.61. The van der Waals surface area contributed by atoms with Crippen molar-refractivity contribution < 1.29 is 19.4 Å². The number of nitrogens with one attached hydrogen (secondary N) is 1. The van der Waals surface area contributed by atoms with Gasteiger partial charge in [-0.15, -0.1) is 0 Å². The number of carbonyl (C=O) groups is 2. The van der Waals surface area contributed by atoms with Crippen LogP contribution in [0.2, 0.25) is 0 Å². The van der Waals surface area contributed by atoms with E-state index in [2.05, 4.69) is 10.2 Å². The summed E-state index contributed by atoms with van der Waals surface area (Å²) in [5.74, 6) is 0.376. The number of likely N-dealkylation sites (tertiary alicyclic amines) is 1. The highest BCUT2D eigenvalue weighted by molar-refractivity contribution is 5.96. The number of carbonyl (C=O) groups excluding carboxylic acids is 2. The van der Waals surface area contributed by atoms with Gasteiger partial charge in [-0.1, -0.05) is 37.3 Å². The van der Waals surface area contributed by atoms with Crippen LogP contribution in [0.15, 0.2) is 54.6 Å². The van der Waals surface area contributed by atoms with Gasteiger partial charge in [-0.05, 0) is 62.1 Å². The van der Waals surface area contributed by atoms with Crippen molar-refractivity contribution >= 4 is 11.7 Å². The molecule has 0 radical (unpaired) electrons. The first-order chi connectivity index (χ1) is 15.9. The summed E-state index contributed by atoms with van der Waals surface area (Å²) in [5.41, 5.74) is 0.771. The molecular formula is C27H36N2O4. The molecule has 6 nitrogen and oxygen atoms in total. The van der Waals surface area contributed by atoms with E-state index in [1.807, 2.05) is 37.3 Å². The molecule has 2 N–H and O–H groups in total. The molecular weight excluding hydrogens is 416 g/mol. The largest absolute Gasteiger partial charge is 0.497 e.